The molecule has 0 spiro atoms. The van der Waals surface area contributed by atoms with Crippen molar-refractivity contribution in [2.45, 2.75) is 53.5 Å². The van der Waals surface area contributed by atoms with Crippen molar-refractivity contribution < 1.29 is 9.53 Å². The predicted molar refractivity (Wildman–Crippen MR) is 103 cm³/mol. The lowest BCUT2D eigenvalue weighted by molar-refractivity contribution is -0.133. The summed E-state index contributed by atoms with van der Waals surface area (Å²) in [4.78, 5) is 19.2. The maximum absolute atomic E-state index is 12.9. The van der Waals surface area contributed by atoms with Crippen molar-refractivity contribution in [2.75, 3.05) is 6.61 Å². The first kappa shape index (κ1) is 17.9. The van der Waals surface area contributed by atoms with Gasteiger partial charge in [0.05, 0.1) is 10.2 Å². The summed E-state index contributed by atoms with van der Waals surface area (Å²) in [7, 11) is 0. The lowest BCUT2D eigenvalue weighted by Crippen LogP contribution is -2.39. The standard InChI is InChI=1S/C20H26N2O2S/c1-13(2)22(16-11-20(4,5)10-14(16)3)18(23)12-24-19-21-15-8-6-7-9-17(15)25-19/h6-9,13H,10-12H2,1-5H3. The Balaban J connectivity index is 1.72. The number of amides is 1. The molecular formula is C20H26N2O2S. The Morgan fingerprint density at radius 2 is 2.04 bits per heavy atom. The van der Waals surface area contributed by atoms with Crippen LogP contribution in [0.15, 0.2) is 35.5 Å². The topological polar surface area (TPSA) is 42.4 Å². The predicted octanol–water partition coefficient (Wildman–Crippen LogP) is 5.01. The average Bonchev–Trinajstić information content (AvgIpc) is 3.05. The summed E-state index contributed by atoms with van der Waals surface area (Å²) in [5, 5.41) is 0.552. The third-order valence-electron chi connectivity index (χ3n) is 4.55. The molecule has 4 nitrogen and oxygen atoms in total. The van der Waals surface area contributed by atoms with Crippen LogP contribution in [0.5, 0.6) is 5.19 Å². The largest absolute Gasteiger partial charge is 0.460 e. The minimum Gasteiger partial charge on any atom is -0.460 e. The molecule has 1 aromatic heterocycles. The average molecular weight is 359 g/mol. The molecule has 0 radical (unpaired) electrons. The van der Waals surface area contributed by atoms with E-state index >= 15 is 0 Å². The number of thiazole rings is 1. The third kappa shape index (κ3) is 3.87. The number of aromatic nitrogens is 1. The van der Waals surface area contributed by atoms with Crippen molar-refractivity contribution in [1.29, 1.82) is 0 Å². The van der Waals surface area contributed by atoms with Crippen molar-refractivity contribution in [3.05, 3.63) is 35.5 Å². The molecule has 1 aliphatic rings. The SMILES string of the molecule is CC1=C(N(C(=O)COc2nc3ccccc3s2)C(C)C)CC(C)(C)C1. The van der Waals surface area contributed by atoms with Gasteiger partial charge in [-0.1, -0.05) is 42.9 Å². The van der Waals surface area contributed by atoms with Gasteiger partial charge >= 0.3 is 0 Å². The number of carbonyl (C=O) groups is 1. The fraction of sp³-hybridized carbons (Fsp3) is 0.500. The lowest BCUT2D eigenvalue weighted by atomic mass is 9.89. The van der Waals surface area contributed by atoms with Crippen molar-refractivity contribution in [3.8, 4) is 5.19 Å². The van der Waals surface area contributed by atoms with Crippen LogP contribution < -0.4 is 4.74 Å². The van der Waals surface area contributed by atoms with Crippen LogP contribution in [0.3, 0.4) is 0 Å². The highest BCUT2D eigenvalue weighted by Crippen LogP contribution is 2.43. The molecule has 1 aromatic carbocycles. The second-order valence-corrected chi connectivity index (χ2v) is 8.83. The van der Waals surface area contributed by atoms with Crippen LogP contribution in [0.1, 0.15) is 47.5 Å². The fourth-order valence-corrected chi connectivity index (χ4v) is 4.45. The first-order chi connectivity index (χ1) is 11.8. The normalized spacial score (nSPS) is 16.7. The third-order valence-corrected chi connectivity index (χ3v) is 5.50. The number of nitrogens with zero attached hydrogens (tertiary/aromatic N) is 2. The number of ether oxygens (including phenoxy) is 1. The van der Waals surface area contributed by atoms with Gasteiger partial charge in [0.15, 0.2) is 6.61 Å². The zero-order valence-corrected chi connectivity index (χ0v) is 16.4. The van der Waals surface area contributed by atoms with Gasteiger partial charge in [0.1, 0.15) is 0 Å². The zero-order chi connectivity index (χ0) is 18.2. The molecule has 134 valence electrons. The summed E-state index contributed by atoms with van der Waals surface area (Å²) in [5.41, 5.74) is 3.61. The minimum absolute atomic E-state index is 0.00121. The number of rotatable bonds is 5. The highest BCUT2D eigenvalue weighted by Gasteiger charge is 2.34. The van der Waals surface area contributed by atoms with Gasteiger partial charge in [0, 0.05) is 11.7 Å². The highest BCUT2D eigenvalue weighted by atomic mass is 32.1. The zero-order valence-electron chi connectivity index (χ0n) is 15.6. The molecule has 0 aliphatic heterocycles. The lowest BCUT2D eigenvalue weighted by Gasteiger charge is -2.30. The Morgan fingerprint density at radius 3 is 2.64 bits per heavy atom. The molecule has 0 saturated heterocycles. The van der Waals surface area contributed by atoms with E-state index in [1.165, 1.54) is 16.9 Å². The van der Waals surface area contributed by atoms with Gasteiger partial charge in [0.25, 0.3) is 11.1 Å². The molecule has 3 rings (SSSR count). The van der Waals surface area contributed by atoms with E-state index in [0.717, 1.165) is 28.8 Å². The molecule has 0 saturated carbocycles. The summed E-state index contributed by atoms with van der Waals surface area (Å²) in [6.45, 7) is 10.8. The highest BCUT2D eigenvalue weighted by molar-refractivity contribution is 7.20. The number of allylic oxidation sites excluding steroid dienone is 2. The smallest absolute Gasteiger partial charge is 0.274 e. The van der Waals surface area contributed by atoms with E-state index in [1.807, 2.05) is 29.2 Å². The number of hydrogen-bond donors (Lipinski definition) is 0. The van der Waals surface area contributed by atoms with E-state index in [0.29, 0.717) is 5.19 Å². The Morgan fingerprint density at radius 1 is 1.32 bits per heavy atom. The number of para-hydroxylation sites is 1. The molecule has 2 aromatic rings. The number of fused-ring (bicyclic) bond motifs is 1. The van der Waals surface area contributed by atoms with Gasteiger partial charge in [-0.05, 0) is 51.2 Å². The molecule has 0 N–H and O–H groups in total. The van der Waals surface area contributed by atoms with Gasteiger partial charge < -0.3 is 9.64 Å². The summed E-state index contributed by atoms with van der Waals surface area (Å²) in [5.74, 6) is 0.00121. The maximum Gasteiger partial charge on any atom is 0.274 e. The number of benzene rings is 1. The first-order valence-corrected chi connectivity index (χ1v) is 9.57. The van der Waals surface area contributed by atoms with Crippen LogP contribution in [0.25, 0.3) is 10.2 Å². The Hall–Kier alpha value is -1.88. The van der Waals surface area contributed by atoms with E-state index in [2.05, 4.69) is 39.6 Å². The van der Waals surface area contributed by atoms with Crippen LogP contribution in [0, 0.1) is 5.41 Å². The summed E-state index contributed by atoms with van der Waals surface area (Å²) in [6.07, 6.45) is 1.97. The molecule has 5 heteroatoms. The van der Waals surface area contributed by atoms with Gasteiger partial charge in [-0.2, -0.15) is 0 Å². The Labute approximate surface area is 153 Å². The molecule has 1 aliphatic carbocycles. The van der Waals surface area contributed by atoms with Crippen LogP contribution in [-0.4, -0.2) is 28.4 Å². The molecule has 0 fully saturated rings. The Bertz CT molecular complexity index is 787. The molecule has 0 unspecified atom stereocenters. The van der Waals surface area contributed by atoms with Crippen LogP contribution in [0.4, 0.5) is 0 Å². The van der Waals surface area contributed by atoms with Crippen molar-refractivity contribution >= 4 is 27.5 Å². The monoisotopic (exact) mass is 358 g/mol. The van der Waals surface area contributed by atoms with Crippen LogP contribution >= 0.6 is 11.3 Å². The van der Waals surface area contributed by atoms with Crippen molar-refractivity contribution in [1.82, 2.24) is 9.88 Å². The van der Waals surface area contributed by atoms with E-state index in [1.54, 1.807) is 0 Å². The second kappa shape index (κ2) is 6.79. The summed E-state index contributed by atoms with van der Waals surface area (Å²) >= 11 is 1.48. The first-order valence-electron chi connectivity index (χ1n) is 8.76. The Kier molecular flexibility index (Phi) is 4.87. The second-order valence-electron chi connectivity index (χ2n) is 7.84. The molecule has 25 heavy (non-hydrogen) atoms. The molecular weight excluding hydrogens is 332 g/mol. The van der Waals surface area contributed by atoms with Gasteiger partial charge in [-0.15, -0.1) is 0 Å². The summed E-state index contributed by atoms with van der Waals surface area (Å²) < 4.78 is 6.80. The van der Waals surface area contributed by atoms with Gasteiger partial charge in [0.2, 0.25) is 0 Å². The van der Waals surface area contributed by atoms with E-state index < -0.39 is 0 Å². The fourth-order valence-electron chi connectivity index (χ4n) is 3.63. The van der Waals surface area contributed by atoms with Gasteiger partial charge in [-0.25, -0.2) is 4.98 Å². The quantitative estimate of drug-likeness (QED) is 0.755. The van der Waals surface area contributed by atoms with E-state index in [9.17, 15) is 4.79 Å². The van der Waals surface area contributed by atoms with Gasteiger partial charge in [-0.3, -0.25) is 4.79 Å². The van der Waals surface area contributed by atoms with E-state index in [-0.39, 0.29) is 24.0 Å². The molecule has 1 amide bonds. The van der Waals surface area contributed by atoms with Crippen LogP contribution in [0.2, 0.25) is 0 Å². The van der Waals surface area contributed by atoms with Crippen LogP contribution in [-0.2, 0) is 4.79 Å². The molecule has 1 heterocycles. The maximum atomic E-state index is 12.9. The van der Waals surface area contributed by atoms with Crippen molar-refractivity contribution in [3.63, 3.8) is 0 Å². The number of carbonyl (C=O) groups excluding carboxylic acids is 1. The van der Waals surface area contributed by atoms with Crippen molar-refractivity contribution in [2.24, 2.45) is 5.41 Å². The minimum atomic E-state index is 0.00121. The molecule has 0 bridgehead atoms. The van der Waals surface area contributed by atoms with E-state index in [4.69, 9.17) is 4.74 Å². The number of hydrogen-bond acceptors (Lipinski definition) is 4. The summed E-state index contributed by atoms with van der Waals surface area (Å²) in [6, 6.07) is 8.01. The molecule has 0 atom stereocenters.